The summed E-state index contributed by atoms with van der Waals surface area (Å²) in [5.74, 6) is 1.44. The summed E-state index contributed by atoms with van der Waals surface area (Å²) < 4.78 is 13.2. The van der Waals surface area contributed by atoms with Crippen LogP contribution in [0.15, 0.2) is 97.1 Å². The van der Waals surface area contributed by atoms with Crippen molar-refractivity contribution < 1.29 is 14.6 Å². The van der Waals surface area contributed by atoms with E-state index in [4.69, 9.17) is 19.6 Å². The second-order valence-electron chi connectivity index (χ2n) is 8.42. The van der Waals surface area contributed by atoms with E-state index in [0.717, 1.165) is 50.0 Å². The first kappa shape index (κ1) is 21.7. The number of fused-ring (bicyclic) bond motifs is 3. The standard InChI is InChI=1S/C30H23N3O3/c1-35-25-17-23-24(18-26(25)36-2)28(20-13-15-22(34)16-14-20)31-30-27(23)29(19-9-5-3-6-10-19)32-33(30)21-11-7-4-8-12-21/h3-18,34H,1-2H3. The smallest absolute Gasteiger partial charge is 0.164 e. The number of rotatable bonds is 5. The van der Waals surface area contributed by atoms with E-state index >= 15 is 0 Å². The van der Waals surface area contributed by atoms with Crippen molar-refractivity contribution in [2.45, 2.75) is 0 Å². The molecule has 0 atom stereocenters. The molecule has 0 radical (unpaired) electrons. The number of para-hydroxylation sites is 1. The molecular weight excluding hydrogens is 450 g/mol. The summed E-state index contributed by atoms with van der Waals surface area (Å²) in [7, 11) is 3.26. The number of ether oxygens (including phenoxy) is 2. The third-order valence-electron chi connectivity index (χ3n) is 6.32. The quantitative estimate of drug-likeness (QED) is 0.304. The van der Waals surface area contributed by atoms with Crippen LogP contribution in [-0.4, -0.2) is 34.1 Å². The SMILES string of the molecule is COc1cc2c(-c3ccc(O)cc3)nc3c(c(-c4ccccc4)nn3-c3ccccc3)c2cc1OC. The first-order valence-corrected chi connectivity index (χ1v) is 11.6. The van der Waals surface area contributed by atoms with Gasteiger partial charge >= 0.3 is 0 Å². The first-order chi connectivity index (χ1) is 17.7. The van der Waals surface area contributed by atoms with Gasteiger partial charge in [0, 0.05) is 21.9 Å². The van der Waals surface area contributed by atoms with Crippen LogP contribution in [0, 0.1) is 0 Å². The Morgan fingerprint density at radius 2 is 1.25 bits per heavy atom. The largest absolute Gasteiger partial charge is 0.508 e. The van der Waals surface area contributed by atoms with Gasteiger partial charge in [-0.2, -0.15) is 5.10 Å². The minimum absolute atomic E-state index is 0.198. The van der Waals surface area contributed by atoms with E-state index in [9.17, 15) is 5.11 Å². The zero-order chi connectivity index (χ0) is 24.6. The number of aromatic hydroxyl groups is 1. The van der Waals surface area contributed by atoms with Crippen LogP contribution in [-0.2, 0) is 0 Å². The van der Waals surface area contributed by atoms with Crippen LogP contribution in [0.1, 0.15) is 0 Å². The Kier molecular flexibility index (Phi) is 5.26. The van der Waals surface area contributed by atoms with Crippen molar-refractivity contribution >= 4 is 21.8 Å². The molecule has 0 fully saturated rings. The Labute approximate surface area is 208 Å². The summed E-state index contributed by atoms with van der Waals surface area (Å²) in [5.41, 5.74) is 5.09. The number of hydrogen-bond acceptors (Lipinski definition) is 5. The normalized spacial score (nSPS) is 11.2. The Balaban J connectivity index is 1.81. The van der Waals surface area contributed by atoms with Crippen LogP contribution in [0.4, 0.5) is 0 Å². The molecule has 0 aliphatic rings. The van der Waals surface area contributed by atoms with Crippen molar-refractivity contribution in [1.29, 1.82) is 0 Å². The number of phenols is 1. The molecule has 4 aromatic carbocycles. The van der Waals surface area contributed by atoms with Crippen molar-refractivity contribution in [3.05, 3.63) is 97.1 Å². The summed E-state index contributed by atoms with van der Waals surface area (Å²) in [6, 6.07) is 31.1. The van der Waals surface area contributed by atoms with Gasteiger partial charge < -0.3 is 14.6 Å². The average Bonchev–Trinajstić information content (AvgIpc) is 3.33. The zero-order valence-electron chi connectivity index (χ0n) is 19.8. The lowest BCUT2D eigenvalue weighted by Crippen LogP contribution is -1.99. The van der Waals surface area contributed by atoms with Gasteiger partial charge in [-0.15, -0.1) is 0 Å². The second-order valence-corrected chi connectivity index (χ2v) is 8.42. The van der Waals surface area contributed by atoms with Crippen LogP contribution >= 0.6 is 0 Å². The summed E-state index contributed by atoms with van der Waals surface area (Å²) in [6.45, 7) is 0. The maximum atomic E-state index is 9.89. The zero-order valence-corrected chi connectivity index (χ0v) is 19.8. The molecule has 6 rings (SSSR count). The van der Waals surface area contributed by atoms with Gasteiger partial charge in [-0.3, -0.25) is 0 Å². The molecule has 0 aliphatic heterocycles. The van der Waals surface area contributed by atoms with E-state index in [1.165, 1.54) is 0 Å². The lowest BCUT2D eigenvalue weighted by Gasteiger charge is -2.14. The van der Waals surface area contributed by atoms with Gasteiger partial charge in [0.2, 0.25) is 0 Å². The van der Waals surface area contributed by atoms with Crippen LogP contribution in [0.2, 0.25) is 0 Å². The number of aromatic nitrogens is 3. The molecule has 2 heterocycles. The molecular formula is C30H23N3O3. The second kappa shape index (κ2) is 8.74. The van der Waals surface area contributed by atoms with Crippen molar-refractivity contribution in [2.24, 2.45) is 0 Å². The summed E-state index contributed by atoms with van der Waals surface area (Å²) >= 11 is 0. The number of hydrogen-bond donors (Lipinski definition) is 1. The highest BCUT2D eigenvalue weighted by atomic mass is 16.5. The van der Waals surface area contributed by atoms with Crippen LogP contribution in [0.25, 0.3) is 50.0 Å². The average molecular weight is 474 g/mol. The van der Waals surface area contributed by atoms with Crippen LogP contribution < -0.4 is 9.47 Å². The molecule has 0 unspecified atom stereocenters. The van der Waals surface area contributed by atoms with Crippen molar-refractivity contribution in [3.8, 4) is 45.5 Å². The molecule has 6 aromatic rings. The summed E-state index contributed by atoms with van der Waals surface area (Å²) in [4.78, 5) is 5.18. The van der Waals surface area contributed by atoms with E-state index in [1.54, 1.807) is 26.4 Å². The molecule has 176 valence electrons. The third-order valence-corrected chi connectivity index (χ3v) is 6.32. The molecule has 0 saturated carbocycles. The van der Waals surface area contributed by atoms with Gasteiger partial charge in [0.25, 0.3) is 0 Å². The fourth-order valence-corrected chi connectivity index (χ4v) is 4.59. The van der Waals surface area contributed by atoms with Gasteiger partial charge in [-0.05, 0) is 48.5 Å². The number of nitrogens with zero attached hydrogens (tertiary/aromatic N) is 3. The lowest BCUT2D eigenvalue weighted by atomic mass is 9.98. The molecule has 0 aliphatic carbocycles. The van der Waals surface area contributed by atoms with E-state index in [0.29, 0.717) is 11.5 Å². The van der Waals surface area contributed by atoms with E-state index in [-0.39, 0.29) is 5.75 Å². The predicted molar refractivity (Wildman–Crippen MR) is 142 cm³/mol. The Morgan fingerprint density at radius 3 is 1.89 bits per heavy atom. The van der Waals surface area contributed by atoms with Gasteiger partial charge in [-0.25, -0.2) is 9.67 Å². The molecule has 6 nitrogen and oxygen atoms in total. The molecule has 6 heteroatoms. The van der Waals surface area contributed by atoms with Gasteiger partial charge in [0.1, 0.15) is 11.4 Å². The van der Waals surface area contributed by atoms with E-state index in [2.05, 4.69) is 12.1 Å². The third kappa shape index (κ3) is 3.51. The van der Waals surface area contributed by atoms with Gasteiger partial charge in [0.05, 0.1) is 31.0 Å². The molecule has 0 bridgehead atoms. The molecule has 1 N–H and O–H groups in total. The number of phenolic OH excluding ortho intramolecular Hbond substituents is 1. The topological polar surface area (TPSA) is 69.4 Å². The fourth-order valence-electron chi connectivity index (χ4n) is 4.59. The van der Waals surface area contributed by atoms with Crippen LogP contribution in [0.5, 0.6) is 17.2 Å². The molecule has 0 amide bonds. The fraction of sp³-hybridized carbons (Fsp3) is 0.0667. The minimum atomic E-state index is 0.198. The monoisotopic (exact) mass is 473 g/mol. The molecule has 2 aromatic heterocycles. The van der Waals surface area contributed by atoms with Crippen molar-refractivity contribution in [2.75, 3.05) is 14.2 Å². The summed E-state index contributed by atoms with van der Waals surface area (Å²) in [6.07, 6.45) is 0. The molecule has 0 saturated heterocycles. The van der Waals surface area contributed by atoms with E-state index < -0.39 is 0 Å². The summed E-state index contributed by atoms with van der Waals surface area (Å²) in [5, 5.41) is 17.7. The maximum Gasteiger partial charge on any atom is 0.164 e. The highest BCUT2D eigenvalue weighted by Gasteiger charge is 2.22. The molecule has 36 heavy (non-hydrogen) atoms. The van der Waals surface area contributed by atoms with Crippen molar-refractivity contribution in [3.63, 3.8) is 0 Å². The Hall–Kier alpha value is -4.84. The number of benzene rings is 4. The number of methoxy groups -OCH3 is 2. The predicted octanol–water partition coefficient (Wildman–Crippen LogP) is 6.63. The Morgan fingerprint density at radius 1 is 0.667 bits per heavy atom. The van der Waals surface area contributed by atoms with Gasteiger partial charge in [-0.1, -0.05) is 48.5 Å². The molecule has 0 spiro atoms. The first-order valence-electron chi connectivity index (χ1n) is 11.6. The lowest BCUT2D eigenvalue weighted by molar-refractivity contribution is 0.356. The van der Waals surface area contributed by atoms with E-state index in [1.807, 2.05) is 77.5 Å². The van der Waals surface area contributed by atoms with Crippen LogP contribution in [0.3, 0.4) is 0 Å². The minimum Gasteiger partial charge on any atom is -0.508 e. The highest BCUT2D eigenvalue weighted by Crippen LogP contribution is 2.43. The number of pyridine rings is 1. The highest BCUT2D eigenvalue weighted by molar-refractivity contribution is 6.16. The maximum absolute atomic E-state index is 9.89. The van der Waals surface area contributed by atoms with Gasteiger partial charge in [0.15, 0.2) is 17.1 Å². The van der Waals surface area contributed by atoms with Crippen molar-refractivity contribution in [1.82, 2.24) is 14.8 Å². The Bertz CT molecular complexity index is 1690.